The molecular formula is C31H30N2O7. The van der Waals surface area contributed by atoms with Crippen LogP contribution in [0.3, 0.4) is 0 Å². The highest BCUT2D eigenvalue weighted by Crippen LogP contribution is 2.29. The Labute approximate surface area is 231 Å². The number of carboxylic acids is 1. The summed E-state index contributed by atoms with van der Waals surface area (Å²) in [5.41, 5.74) is 2.43. The Hall–Kier alpha value is -4.79. The zero-order valence-electron chi connectivity index (χ0n) is 22.1. The van der Waals surface area contributed by atoms with E-state index >= 15 is 0 Å². The molecule has 1 saturated carbocycles. The van der Waals surface area contributed by atoms with Crippen molar-refractivity contribution in [2.45, 2.75) is 38.8 Å². The highest BCUT2D eigenvalue weighted by molar-refractivity contribution is 5.78. The largest absolute Gasteiger partial charge is 0.493 e. The summed E-state index contributed by atoms with van der Waals surface area (Å²) < 4.78 is 23.0. The lowest BCUT2D eigenvalue weighted by Crippen LogP contribution is -2.37. The van der Waals surface area contributed by atoms with Crippen molar-refractivity contribution in [3.63, 3.8) is 0 Å². The maximum atomic E-state index is 12.9. The van der Waals surface area contributed by atoms with Gasteiger partial charge in [-0.1, -0.05) is 36.4 Å². The normalized spacial score (nSPS) is 12.5. The van der Waals surface area contributed by atoms with Gasteiger partial charge in [-0.2, -0.15) is 0 Å². The SMILES string of the molecule is Cc1oc(-c2ccccc2)nc1CCOc1cccc(CN(CC(=O)O)C(=O)Oc2cccc(OC3CC3)c2)c1. The molecule has 0 bridgehead atoms. The molecule has 1 amide bonds. The first kappa shape index (κ1) is 26.8. The number of oxazole rings is 1. The number of hydrogen-bond donors (Lipinski definition) is 1. The van der Waals surface area contributed by atoms with Crippen LogP contribution in [0.15, 0.2) is 83.3 Å². The van der Waals surface area contributed by atoms with Gasteiger partial charge in [0.25, 0.3) is 0 Å². The minimum Gasteiger partial charge on any atom is -0.493 e. The second kappa shape index (κ2) is 12.4. The number of carbonyl (C=O) groups is 2. The molecule has 0 unspecified atom stereocenters. The number of ether oxygens (including phenoxy) is 3. The number of aliphatic carboxylic acids is 1. The summed E-state index contributed by atoms with van der Waals surface area (Å²) >= 11 is 0. The lowest BCUT2D eigenvalue weighted by atomic mass is 10.2. The molecule has 1 aliphatic carbocycles. The summed E-state index contributed by atoms with van der Waals surface area (Å²) in [5, 5.41) is 9.40. The lowest BCUT2D eigenvalue weighted by molar-refractivity contribution is -0.138. The van der Waals surface area contributed by atoms with E-state index in [0.717, 1.165) is 34.8 Å². The number of carboxylic acid groups (broad SMARTS) is 1. The van der Waals surface area contributed by atoms with E-state index in [1.165, 1.54) is 0 Å². The van der Waals surface area contributed by atoms with Crippen molar-refractivity contribution >= 4 is 12.1 Å². The monoisotopic (exact) mass is 542 g/mol. The topological polar surface area (TPSA) is 111 Å². The molecule has 206 valence electrons. The number of aryl methyl sites for hydroxylation is 1. The zero-order valence-corrected chi connectivity index (χ0v) is 22.1. The van der Waals surface area contributed by atoms with E-state index in [1.54, 1.807) is 48.5 Å². The third-order valence-electron chi connectivity index (χ3n) is 6.21. The molecule has 5 rings (SSSR count). The average molecular weight is 543 g/mol. The molecule has 3 aromatic carbocycles. The molecule has 1 aromatic heterocycles. The van der Waals surface area contributed by atoms with Crippen molar-refractivity contribution in [2.75, 3.05) is 13.2 Å². The van der Waals surface area contributed by atoms with Gasteiger partial charge in [0.15, 0.2) is 0 Å². The maximum absolute atomic E-state index is 12.9. The van der Waals surface area contributed by atoms with Crippen LogP contribution >= 0.6 is 0 Å². The first-order valence-corrected chi connectivity index (χ1v) is 13.1. The van der Waals surface area contributed by atoms with Crippen molar-refractivity contribution in [1.29, 1.82) is 0 Å². The smallest absolute Gasteiger partial charge is 0.416 e. The fourth-order valence-corrected chi connectivity index (χ4v) is 4.09. The molecule has 9 nitrogen and oxygen atoms in total. The van der Waals surface area contributed by atoms with Crippen LogP contribution in [0.4, 0.5) is 4.79 Å². The fourth-order valence-electron chi connectivity index (χ4n) is 4.09. The van der Waals surface area contributed by atoms with Gasteiger partial charge in [-0.25, -0.2) is 9.78 Å². The van der Waals surface area contributed by atoms with Crippen molar-refractivity contribution in [3.8, 4) is 28.7 Å². The van der Waals surface area contributed by atoms with Gasteiger partial charge in [-0.05, 0) is 61.7 Å². The highest BCUT2D eigenvalue weighted by atomic mass is 16.6. The van der Waals surface area contributed by atoms with Crippen molar-refractivity contribution < 1.29 is 33.3 Å². The third kappa shape index (κ3) is 7.41. The van der Waals surface area contributed by atoms with Gasteiger partial charge in [0, 0.05) is 24.6 Å². The van der Waals surface area contributed by atoms with E-state index in [0.29, 0.717) is 36.0 Å². The van der Waals surface area contributed by atoms with Gasteiger partial charge in [-0.15, -0.1) is 0 Å². The summed E-state index contributed by atoms with van der Waals surface area (Å²) in [5.74, 6) is 1.66. The zero-order chi connectivity index (χ0) is 27.9. The van der Waals surface area contributed by atoms with Crippen molar-refractivity contribution in [1.82, 2.24) is 9.88 Å². The molecule has 9 heteroatoms. The average Bonchev–Trinajstić information content (AvgIpc) is 3.68. The Balaban J connectivity index is 1.19. The van der Waals surface area contributed by atoms with Crippen molar-refractivity contribution in [2.24, 2.45) is 0 Å². The molecule has 0 aliphatic heterocycles. The van der Waals surface area contributed by atoms with Gasteiger partial charge in [0.05, 0.1) is 18.4 Å². The Morgan fingerprint density at radius 3 is 2.50 bits per heavy atom. The maximum Gasteiger partial charge on any atom is 0.416 e. The van der Waals surface area contributed by atoms with Crippen LogP contribution in [0.25, 0.3) is 11.5 Å². The van der Waals surface area contributed by atoms with Crippen LogP contribution in [-0.2, 0) is 17.8 Å². The molecule has 0 radical (unpaired) electrons. The lowest BCUT2D eigenvalue weighted by Gasteiger charge is -2.20. The Morgan fingerprint density at radius 2 is 1.73 bits per heavy atom. The van der Waals surface area contributed by atoms with E-state index in [2.05, 4.69) is 4.98 Å². The predicted octanol–water partition coefficient (Wildman–Crippen LogP) is 5.90. The minimum absolute atomic E-state index is 0.0312. The molecule has 0 spiro atoms. The molecular weight excluding hydrogens is 512 g/mol. The van der Waals surface area contributed by atoms with Gasteiger partial charge in [-0.3, -0.25) is 9.69 Å². The Kier molecular flexibility index (Phi) is 8.29. The number of amides is 1. The van der Waals surface area contributed by atoms with Crippen molar-refractivity contribution in [3.05, 3.63) is 95.9 Å². The highest BCUT2D eigenvalue weighted by Gasteiger charge is 2.24. The number of aromatic nitrogens is 1. The second-order valence-corrected chi connectivity index (χ2v) is 9.54. The summed E-state index contributed by atoms with van der Waals surface area (Å²) in [4.78, 5) is 30.1. The summed E-state index contributed by atoms with van der Waals surface area (Å²) in [6.45, 7) is 1.76. The molecule has 0 atom stereocenters. The first-order chi connectivity index (χ1) is 19.4. The summed E-state index contributed by atoms with van der Waals surface area (Å²) in [6.07, 6.45) is 2.00. The van der Waals surface area contributed by atoms with E-state index in [4.69, 9.17) is 18.6 Å². The second-order valence-electron chi connectivity index (χ2n) is 9.54. The number of carbonyl (C=O) groups excluding carboxylic acids is 1. The molecule has 40 heavy (non-hydrogen) atoms. The Morgan fingerprint density at radius 1 is 0.975 bits per heavy atom. The van der Waals surface area contributed by atoms with E-state index in [1.807, 2.05) is 37.3 Å². The van der Waals surface area contributed by atoms with Crippen LogP contribution < -0.4 is 14.2 Å². The molecule has 0 saturated heterocycles. The van der Waals surface area contributed by atoms with Crippen LogP contribution in [0.2, 0.25) is 0 Å². The standard InChI is InChI=1S/C31H30N2O7/c1-21-28(32-30(38-21)23-8-3-2-4-9-23)15-16-37-25-10-5-7-22(17-25)19-33(20-29(34)35)31(36)40-27-12-6-11-26(18-27)39-24-13-14-24/h2-12,17-18,24H,13-16,19-20H2,1H3,(H,34,35). The number of benzene rings is 3. The van der Waals surface area contributed by atoms with Gasteiger partial charge in [0.2, 0.25) is 5.89 Å². The van der Waals surface area contributed by atoms with Gasteiger partial charge < -0.3 is 23.7 Å². The number of rotatable bonds is 12. The molecule has 1 heterocycles. The summed E-state index contributed by atoms with van der Waals surface area (Å²) in [7, 11) is 0. The molecule has 1 N–H and O–H groups in total. The van der Waals surface area contributed by atoms with Gasteiger partial charge >= 0.3 is 12.1 Å². The van der Waals surface area contributed by atoms with E-state index < -0.39 is 18.6 Å². The summed E-state index contributed by atoms with van der Waals surface area (Å²) in [6, 6.07) is 23.7. The van der Waals surface area contributed by atoms with Gasteiger partial charge in [0.1, 0.15) is 29.6 Å². The third-order valence-corrected chi connectivity index (χ3v) is 6.21. The van der Waals surface area contributed by atoms with Crippen LogP contribution in [0, 0.1) is 6.92 Å². The fraction of sp³-hybridized carbons (Fsp3) is 0.258. The molecule has 1 fully saturated rings. The number of hydrogen-bond acceptors (Lipinski definition) is 7. The molecule has 4 aromatic rings. The minimum atomic E-state index is -1.15. The first-order valence-electron chi connectivity index (χ1n) is 13.1. The van der Waals surface area contributed by atoms with E-state index in [9.17, 15) is 14.7 Å². The Bertz CT molecular complexity index is 1460. The number of nitrogens with zero attached hydrogens (tertiary/aromatic N) is 2. The predicted molar refractivity (Wildman–Crippen MR) is 146 cm³/mol. The molecule has 1 aliphatic rings. The van der Waals surface area contributed by atoms with Crippen LogP contribution in [0.5, 0.6) is 17.2 Å². The van der Waals surface area contributed by atoms with Crippen LogP contribution in [-0.4, -0.2) is 46.3 Å². The van der Waals surface area contributed by atoms with E-state index in [-0.39, 0.29) is 18.4 Å². The quantitative estimate of drug-likeness (QED) is 0.236. The van der Waals surface area contributed by atoms with Crippen LogP contribution in [0.1, 0.15) is 29.9 Å².